The third-order valence-corrected chi connectivity index (χ3v) is 3.67. The molecule has 0 aliphatic heterocycles. The van der Waals surface area contributed by atoms with Gasteiger partial charge in [-0.1, -0.05) is 18.2 Å². The van der Waals surface area contributed by atoms with E-state index in [-0.39, 0.29) is 24.8 Å². The van der Waals surface area contributed by atoms with Crippen LogP contribution in [0.4, 0.5) is 0 Å². The van der Waals surface area contributed by atoms with E-state index in [9.17, 15) is 9.59 Å². The van der Waals surface area contributed by atoms with E-state index in [1.807, 2.05) is 32.0 Å². The second-order valence-electron chi connectivity index (χ2n) is 5.81. The molecule has 0 spiro atoms. The van der Waals surface area contributed by atoms with Gasteiger partial charge < -0.3 is 19.8 Å². The molecule has 0 aliphatic rings. The Morgan fingerprint density at radius 3 is 2.54 bits per heavy atom. The van der Waals surface area contributed by atoms with Crippen molar-refractivity contribution in [2.45, 2.75) is 20.3 Å². The maximum Gasteiger partial charge on any atom is 0.244 e. The van der Waals surface area contributed by atoms with Gasteiger partial charge in [0.05, 0.1) is 12.8 Å². The molecule has 6 nitrogen and oxygen atoms in total. The molecule has 0 bridgehead atoms. The van der Waals surface area contributed by atoms with Crippen molar-refractivity contribution in [3.63, 3.8) is 0 Å². The van der Waals surface area contributed by atoms with Gasteiger partial charge in [-0.2, -0.15) is 0 Å². The standard InChI is InChI=1S/C20H24N2O4/c1-15-5-3-6-16(2)20(15)26-14-12-22-19(24)10-11-21-18(23)9-8-17-7-4-13-25-17/h3-9,13H,10-12,14H2,1-2H3,(H,21,23)(H,22,24)/b9-8+. The highest BCUT2D eigenvalue weighted by atomic mass is 16.5. The zero-order valence-electron chi connectivity index (χ0n) is 15.1. The van der Waals surface area contributed by atoms with Crippen molar-refractivity contribution >= 4 is 17.9 Å². The van der Waals surface area contributed by atoms with Crippen molar-refractivity contribution in [1.82, 2.24) is 10.6 Å². The third kappa shape index (κ3) is 6.47. The third-order valence-electron chi connectivity index (χ3n) is 3.67. The normalized spacial score (nSPS) is 10.7. The smallest absolute Gasteiger partial charge is 0.244 e. The molecule has 1 aromatic heterocycles. The van der Waals surface area contributed by atoms with Crippen LogP contribution in [0.2, 0.25) is 0 Å². The maximum absolute atomic E-state index is 11.8. The van der Waals surface area contributed by atoms with E-state index in [0.29, 0.717) is 18.9 Å². The fraction of sp³-hybridized carbons (Fsp3) is 0.300. The number of nitrogens with one attached hydrogen (secondary N) is 2. The van der Waals surface area contributed by atoms with Crippen LogP contribution in [0.25, 0.3) is 6.08 Å². The van der Waals surface area contributed by atoms with Gasteiger partial charge in [0, 0.05) is 19.0 Å². The van der Waals surface area contributed by atoms with Crippen LogP contribution in [0.5, 0.6) is 5.75 Å². The Labute approximate surface area is 153 Å². The number of amides is 2. The second kappa shape index (κ2) is 10.1. The predicted octanol–water partition coefficient (Wildman–Crippen LogP) is 2.61. The van der Waals surface area contributed by atoms with E-state index in [2.05, 4.69) is 10.6 Å². The van der Waals surface area contributed by atoms with E-state index in [0.717, 1.165) is 16.9 Å². The largest absolute Gasteiger partial charge is 0.491 e. The first-order valence-corrected chi connectivity index (χ1v) is 8.51. The fourth-order valence-electron chi connectivity index (χ4n) is 2.36. The van der Waals surface area contributed by atoms with Gasteiger partial charge in [-0.05, 0) is 43.2 Å². The highest BCUT2D eigenvalue weighted by Crippen LogP contribution is 2.21. The Hall–Kier alpha value is -3.02. The number of aryl methyl sites for hydroxylation is 2. The van der Waals surface area contributed by atoms with Gasteiger partial charge in [0.15, 0.2) is 0 Å². The zero-order chi connectivity index (χ0) is 18.8. The quantitative estimate of drug-likeness (QED) is 0.535. The van der Waals surface area contributed by atoms with Crippen molar-refractivity contribution in [3.05, 3.63) is 59.6 Å². The van der Waals surface area contributed by atoms with Crippen LogP contribution in [-0.4, -0.2) is 31.5 Å². The Bertz CT molecular complexity index is 731. The predicted molar refractivity (Wildman–Crippen MR) is 99.8 cm³/mol. The molecule has 0 saturated heterocycles. The lowest BCUT2D eigenvalue weighted by atomic mass is 10.1. The average Bonchev–Trinajstić information content (AvgIpc) is 3.12. The summed E-state index contributed by atoms with van der Waals surface area (Å²) in [6.45, 7) is 5.06. The maximum atomic E-state index is 11.8. The molecule has 0 atom stereocenters. The molecule has 1 aromatic carbocycles. The average molecular weight is 356 g/mol. The number of hydrogen-bond acceptors (Lipinski definition) is 4. The molecule has 2 N–H and O–H groups in total. The molecule has 0 radical (unpaired) electrons. The lowest BCUT2D eigenvalue weighted by molar-refractivity contribution is -0.121. The lowest BCUT2D eigenvalue weighted by Gasteiger charge is -2.12. The molecule has 138 valence electrons. The minimum atomic E-state index is -0.271. The summed E-state index contributed by atoms with van der Waals surface area (Å²) >= 11 is 0. The molecular weight excluding hydrogens is 332 g/mol. The molecule has 26 heavy (non-hydrogen) atoms. The highest BCUT2D eigenvalue weighted by Gasteiger charge is 2.05. The van der Waals surface area contributed by atoms with Gasteiger partial charge >= 0.3 is 0 Å². The first-order valence-electron chi connectivity index (χ1n) is 8.51. The van der Waals surface area contributed by atoms with Gasteiger partial charge in [-0.3, -0.25) is 9.59 Å². The van der Waals surface area contributed by atoms with Gasteiger partial charge in [0.25, 0.3) is 0 Å². The van der Waals surface area contributed by atoms with Crippen LogP contribution in [0.15, 0.2) is 47.1 Å². The summed E-state index contributed by atoms with van der Waals surface area (Å²) in [5.74, 6) is 1.05. The van der Waals surface area contributed by atoms with E-state index in [1.54, 1.807) is 18.2 Å². The molecule has 0 saturated carbocycles. The first-order chi connectivity index (χ1) is 12.6. The molecule has 2 aromatic rings. The van der Waals surface area contributed by atoms with E-state index in [1.165, 1.54) is 12.3 Å². The number of carbonyl (C=O) groups excluding carboxylic acids is 2. The number of para-hydroxylation sites is 1. The van der Waals surface area contributed by atoms with Crippen LogP contribution in [-0.2, 0) is 9.59 Å². The van der Waals surface area contributed by atoms with Gasteiger partial charge in [0.1, 0.15) is 18.1 Å². The fourth-order valence-corrected chi connectivity index (χ4v) is 2.36. The summed E-state index contributed by atoms with van der Waals surface area (Å²) in [5, 5.41) is 5.42. The molecular formula is C20H24N2O4. The molecule has 6 heteroatoms. The van der Waals surface area contributed by atoms with Crippen molar-refractivity contribution in [2.75, 3.05) is 19.7 Å². The monoisotopic (exact) mass is 356 g/mol. The summed E-state index contributed by atoms with van der Waals surface area (Å²) in [4.78, 5) is 23.4. The van der Waals surface area contributed by atoms with Crippen LogP contribution in [0.3, 0.4) is 0 Å². The summed E-state index contributed by atoms with van der Waals surface area (Å²) in [5.41, 5.74) is 2.14. The Kier molecular flexibility index (Phi) is 7.49. The Morgan fingerprint density at radius 1 is 1.08 bits per heavy atom. The minimum absolute atomic E-state index is 0.134. The van der Waals surface area contributed by atoms with Crippen LogP contribution < -0.4 is 15.4 Å². The van der Waals surface area contributed by atoms with Crippen LogP contribution >= 0.6 is 0 Å². The number of hydrogen-bond donors (Lipinski definition) is 2. The Balaban J connectivity index is 1.58. The molecule has 0 fully saturated rings. The molecule has 2 rings (SSSR count). The van der Waals surface area contributed by atoms with Crippen molar-refractivity contribution in [1.29, 1.82) is 0 Å². The van der Waals surface area contributed by atoms with Crippen molar-refractivity contribution in [3.8, 4) is 5.75 Å². The summed E-state index contributed by atoms with van der Waals surface area (Å²) < 4.78 is 10.8. The second-order valence-corrected chi connectivity index (χ2v) is 5.81. The van der Waals surface area contributed by atoms with Gasteiger partial charge in [0.2, 0.25) is 11.8 Å². The zero-order valence-corrected chi connectivity index (χ0v) is 15.1. The molecule has 0 unspecified atom stereocenters. The molecule has 2 amide bonds. The minimum Gasteiger partial charge on any atom is -0.491 e. The summed E-state index contributed by atoms with van der Waals surface area (Å²) in [6, 6.07) is 9.45. The van der Waals surface area contributed by atoms with Crippen LogP contribution in [0, 0.1) is 13.8 Å². The Morgan fingerprint density at radius 2 is 1.85 bits per heavy atom. The summed E-state index contributed by atoms with van der Waals surface area (Å²) in [7, 11) is 0. The topological polar surface area (TPSA) is 80.6 Å². The van der Waals surface area contributed by atoms with E-state index < -0.39 is 0 Å². The highest BCUT2D eigenvalue weighted by molar-refractivity contribution is 5.91. The van der Waals surface area contributed by atoms with Gasteiger partial charge in [-0.15, -0.1) is 0 Å². The van der Waals surface area contributed by atoms with Gasteiger partial charge in [-0.25, -0.2) is 0 Å². The molecule has 1 heterocycles. The number of benzene rings is 1. The van der Waals surface area contributed by atoms with E-state index >= 15 is 0 Å². The number of rotatable bonds is 9. The van der Waals surface area contributed by atoms with Crippen molar-refractivity contribution in [2.24, 2.45) is 0 Å². The van der Waals surface area contributed by atoms with Crippen molar-refractivity contribution < 1.29 is 18.7 Å². The number of carbonyl (C=O) groups is 2. The van der Waals surface area contributed by atoms with Crippen LogP contribution in [0.1, 0.15) is 23.3 Å². The molecule has 0 aliphatic carbocycles. The number of ether oxygens (including phenoxy) is 1. The number of furan rings is 1. The summed E-state index contributed by atoms with van der Waals surface area (Å²) in [6.07, 6.45) is 4.69. The lowest BCUT2D eigenvalue weighted by Crippen LogP contribution is -2.32. The first kappa shape index (κ1) is 19.3. The van der Waals surface area contributed by atoms with E-state index in [4.69, 9.17) is 9.15 Å². The SMILES string of the molecule is Cc1cccc(C)c1OCCNC(=O)CCNC(=O)/C=C/c1ccco1.